The smallest absolute Gasteiger partial charge is 0.236 e. The molecule has 0 aliphatic carbocycles. The summed E-state index contributed by atoms with van der Waals surface area (Å²) in [6.45, 7) is 8.72. The number of hydrogen-bond acceptors (Lipinski definition) is 4. The van der Waals surface area contributed by atoms with Crippen molar-refractivity contribution in [3.63, 3.8) is 0 Å². The lowest BCUT2D eigenvalue weighted by Crippen LogP contribution is -2.42. The highest BCUT2D eigenvalue weighted by Crippen LogP contribution is 2.26. The zero-order chi connectivity index (χ0) is 18.7. The molecule has 2 heterocycles. The fourth-order valence-electron chi connectivity index (χ4n) is 2.37. The Balaban J connectivity index is 2.49. The highest BCUT2D eigenvalue weighted by atomic mass is 19.1. The van der Waals surface area contributed by atoms with Crippen LogP contribution in [-0.2, 0) is 9.59 Å². The van der Waals surface area contributed by atoms with Crippen molar-refractivity contribution >= 4 is 17.5 Å². The summed E-state index contributed by atoms with van der Waals surface area (Å²) in [5.41, 5.74) is 2.03. The minimum atomic E-state index is -0.451. The number of halogens is 1. The van der Waals surface area contributed by atoms with E-state index in [1.54, 1.807) is 46.8 Å². The van der Waals surface area contributed by atoms with Crippen LogP contribution in [0.1, 0.15) is 33.4 Å². The molecule has 0 N–H and O–H groups in total. The van der Waals surface area contributed by atoms with Crippen molar-refractivity contribution in [3.05, 3.63) is 42.1 Å². The van der Waals surface area contributed by atoms with Crippen LogP contribution in [0.2, 0.25) is 0 Å². The standard InChI is InChI=1S/C19H22FN3O2/c1-11(2)18(24)23(19(25)12(3)4)17-7-6-16(22-13(17)5)14-8-15(20)10-21-9-14/h6-12H,1-5H3. The number of rotatable bonds is 4. The third kappa shape index (κ3) is 4.07. The molecule has 0 aliphatic rings. The molecule has 0 spiro atoms. The Morgan fingerprint density at radius 3 is 2.12 bits per heavy atom. The van der Waals surface area contributed by atoms with Gasteiger partial charge in [0.25, 0.3) is 0 Å². The van der Waals surface area contributed by atoms with Crippen molar-refractivity contribution in [2.24, 2.45) is 11.8 Å². The van der Waals surface area contributed by atoms with Crippen LogP contribution in [0.5, 0.6) is 0 Å². The molecule has 0 radical (unpaired) electrons. The summed E-state index contributed by atoms with van der Waals surface area (Å²) in [4.78, 5) is 34.6. The zero-order valence-corrected chi connectivity index (χ0v) is 15.1. The Morgan fingerprint density at radius 1 is 1.04 bits per heavy atom. The van der Waals surface area contributed by atoms with E-state index < -0.39 is 5.82 Å². The number of carbonyl (C=O) groups is 2. The number of carbonyl (C=O) groups excluding carboxylic acids is 2. The van der Waals surface area contributed by atoms with E-state index >= 15 is 0 Å². The van der Waals surface area contributed by atoms with Gasteiger partial charge in [-0.2, -0.15) is 0 Å². The predicted octanol–water partition coefficient (Wildman–Crippen LogP) is 3.76. The van der Waals surface area contributed by atoms with E-state index in [1.807, 2.05) is 0 Å². The minimum absolute atomic E-state index is 0.274. The summed E-state index contributed by atoms with van der Waals surface area (Å²) in [6, 6.07) is 4.67. The first-order valence-corrected chi connectivity index (χ1v) is 8.18. The summed E-state index contributed by atoms with van der Waals surface area (Å²) in [7, 11) is 0. The molecule has 2 aromatic rings. The molecule has 5 nitrogen and oxygen atoms in total. The number of imide groups is 1. The number of amides is 2. The molecule has 0 aromatic carbocycles. The molecule has 0 unspecified atom stereocenters. The number of hydrogen-bond donors (Lipinski definition) is 0. The van der Waals surface area contributed by atoms with E-state index in [0.717, 1.165) is 6.20 Å². The van der Waals surface area contributed by atoms with Gasteiger partial charge < -0.3 is 0 Å². The quantitative estimate of drug-likeness (QED) is 0.848. The molecule has 0 aliphatic heterocycles. The lowest BCUT2D eigenvalue weighted by Gasteiger charge is -2.26. The van der Waals surface area contributed by atoms with Crippen LogP contribution in [-0.4, -0.2) is 21.8 Å². The molecule has 25 heavy (non-hydrogen) atoms. The normalized spacial score (nSPS) is 11.0. The maximum absolute atomic E-state index is 13.4. The molecule has 2 aromatic heterocycles. The van der Waals surface area contributed by atoms with Gasteiger partial charge in [0.2, 0.25) is 11.8 Å². The Hall–Kier alpha value is -2.63. The fraction of sp³-hybridized carbons (Fsp3) is 0.368. The first kappa shape index (κ1) is 18.7. The predicted molar refractivity (Wildman–Crippen MR) is 94.3 cm³/mol. The van der Waals surface area contributed by atoms with Gasteiger partial charge in [-0.25, -0.2) is 9.29 Å². The highest BCUT2D eigenvalue weighted by Gasteiger charge is 2.29. The SMILES string of the molecule is Cc1nc(-c2cncc(F)c2)ccc1N(C(=O)C(C)C)C(=O)C(C)C. The van der Waals surface area contributed by atoms with Crippen molar-refractivity contribution in [2.45, 2.75) is 34.6 Å². The molecule has 6 heteroatoms. The van der Waals surface area contributed by atoms with Crippen molar-refractivity contribution in [1.82, 2.24) is 9.97 Å². The molecule has 2 amide bonds. The van der Waals surface area contributed by atoms with Crippen LogP contribution in [0.15, 0.2) is 30.6 Å². The number of pyridine rings is 2. The zero-order valence-electron chi connectivity index (χ0n) is 15.1. The molecular weight excluding hydrogens is 321 g/mol. The van der Waals surface area contributed by atoms with Crippen LogP contribution in [0, 0.1) is 24.6 Å². The molecule has 0 saturated heterocycles. The Kier molecular flexibility index (Phi) is 5.62. The number of nitrogens with zero attached hydrogens (tertiary/aromatic N) is 3. The van der Waals surface area contributed by atoms with Crippen molar-refractivity contribution in [2.75, 3.05) is 4.90 Å². The molecule has 0 fully saturated rings. The van der Waals surface area contributed by atoms with Crippen molar-refractivity contribution in [1.29, 1.82) is 0 Å². The van der Waals surface area contributed by atoms with Crippen molar-refractivity contribution < 1.29 is 14.0 Å². The van der Waals surface area contributed by atoms with Gasteiger partial charge in [-0.1, -0.05) is 27.7 Å². The molecule has 0 bridgehead atoms. The highest BCUT2D eigenvalue weighted by molar-refractivity contribution is 6.16. The Morgan fingerprint density at radius 2 is 1.64 bits per heavy atom. The largest absolute Gasteiger partial charge is 0.274 e. The first-order chi connectivity index (χ1) is 11.7. The summed E-state index contributed by atoms with van der Waals surface area (Å²) in [6.07, 6.45) is 2.63. The van der Waals surface area contributed by atoms with Gasteiger partial charge >= 0.3 is 0 Å². The van der Waals surface area contributed by atoms with Gasteiger partial charge in [-0.05, 0) is 25.1 Å². The van der Waals surface area contributed by atoms with E-state index in [2.05, 4.69) is 9.97 Å². The van der Waals surface area contributed by atoms with Crippen LogP contribution < -0.4 is 4.90 Å². The molecule has 2 rings (SSSR count). The van der Waals surface area contributed by atoms with Crippen LogP contribution in [0.25, 0.3) is 11.3 Å². The van der Waals surface area contributed by atoms with Crippen LogP contribution in [0.3, 0.4) is 0 Å². The van der Waals surface area contributed by atoms with E-state index in [0.29, 0.717) is 22.6 Å². The Labute approximate surface area is 146 Å². The molecule has 0 saturated carbocycles. The van der Waals surface area contributed by atoms with Crippen molar-refractivity contribution in [3.8, 4) is 11.3 Å². The first-order valence-electron chi connectivity index (χ1n) is 8.18. The van der Waals surface area contributed by atoms with Crippen LogP contribution in [0.4, 0.5) is 10.1 Å². The molecule has 132 valence electrons. The summed E-state index contributed by atoms with van der Waals surface area (Å²) >= 11 is 0. The second-order valence-electron chi connectivity index (χ2n) is 6.51. The number of aromatic nitrogens is 2. The summed E-state index contributed by atoms with van der Waals surface area (Å²) < 4.78 is 13.4. The monoisotopic (exact) mass is 343 g/mol. The van der Waals surface area contributed by atoms with Gasteiger partial charge in [0.05, 0.1) is 23.3 Å². The van der Waals surface area contributed by atoms with Gasteiger partial charge in [0.1, 0.15) is 5.82 Å². The third-order valence-corrected chi connectivity index (χ3v) is 3.73. The number of aryl methyl sites for hydroxylation is 1. The number of anilines is 1. The van der Waals surface area contributed by atoms with E-state index in [9.17, 15) is 14.0 Å². The maximum atomic E-state index is 13.4. The average Bonchev–Trinajstić information content (AvgIpc) is 2.55. The van der Waals surface area contributed by atoms with E-state index in [1.165, 1.54) is 17.2 Å². The molecule has 0 atom stereocenters. The lowest BCUT2D eigenvalue weighted by molar-refractivity contribution is -0.129. The second kappa shape index (κ2) is 7.51. The van der Waals surface area contributed by atoms with Gasteiger partial charge in [0, 0.05) is 23.6 Å². The van der Waals surface area contributed by atoms with Gasteiger partial charge in [-0.3, -0.25) is 19.6 Å². The van der Waals surface area contributed by atoms with Gasteiger partial charge in [-0.15, -0.1) is 0 Å². The van der Waals surface area contributed by atoms with E-state index in [4.69, 9.17) is 0 Å². The lowest BCUT2D eigenvalue weighted by atomic mass is 10.1. The second-order valence-corrected chi connectivity index (χ2v) is 6.51. The fourth-order valence-corrected chi connectivity index (χ4v) is 2.37. The minimum Gasteiger partial charge on any atom is -0.274 e. The van der Waals surface area contributed by atoms with Crippen LogP contribution >= 0.6 is 0 Å². The summed E-state index contributed by atoms with van der Waals surface area (Å²) in [5.74, 6) is -1.65. The average molecular weight is 343 g/mol. The summed E-state index contributed by atoms with van der Waals surface area (Å²) in [5, 5.41) is 0. The molecular formula is C19H22FN3O2. The maximum Gasteiger partial charge on any atom is 0.236 e. The Bertz CT molecular complexity index is 783. The third-order valence-electron chi connectivity index (χ3n) is 3.73. The topological polar surface area (TPSA) is 63.2 Å². The van der Waals surface area contributed by atoms with Gasteiger partial charge in [0.15, 0.2) is 0 Å². The van der Waals surface area contributed by atoms with E-state index in [-0.39, 0.29) is 23.7 Å².